The van der Waals surface area contributed by atoms with Crippen molar-refractivity contribution < 1.29 is 30.0 Å². The van der Waals surface area contributed by atoms with Crippen LogP contribution in [0.4, 0.5) is 0 Å². The van der Waals surface area contributed by atoms with Crippen molar-refractivity contribution in [1.82, 2.24) is 9.97 Å². The summed E-state index contributed by atoms with van der Waals surface area (Å²) >= 11 is 0. The van der Waals surface area contributed by atoms with Crippen molar-refractivity contribution in [2.45, 2.75) is 72.4 Å². The fourth-order valence-corrected chi connectivity index (χ4v) is 7.68. The second-order valence-electron chi connectivity index (χ2n) is 16.4. The molecule has 285 valence electrons. The Balaban J connectivity index is 0.000000204. The van der Waals surface area contributed by atoms with Crippen LogP contribution in [0.5, 0.6) is 0 Å². The number of aryl methyl sites for hydroxylation is 1. The van der Waals surface area contributed by atoms with Crippen LogP contribution in [-0.4, -0.2) is 18.0 Å². The number of hydrogen-bond donors (Lipinski definition) is 0. The summed E-state index contributed by atoms with van der Waals surface area (Å²) in [5.41, 5.74) is 11.4. The van der Waals surface area contributed by atoms with Crippen LogP contribution in [-0.2, 0) is 25.5 Å². The first-order chi connectivity index (χ1) is 27.8. The van der Waals surface area contributed by atoms with E-state index in [-0.39, 0.29) is 25.5 Å². The summed E-state index contributed by atoms with van der Waals surface area (Å²) in [7, 11) is -1.40. The molecular weight excluding hydrogens is 877 g/mol. The second-order valence-corrected chi connectivity index (χ2v) is 21.5. The molecule has 0 aliphatic carbocycles. The van der Waals surface area contributed by atoms with Gasteiger partial charge in [0.2, 0.25) is 0 Å². The van der Waals surface area contributed by atoms with Crippen molar-refractivity contribution in [3.63, 3.8) is 0 Å². The Morgan fingerprint density at radius 1 is 0.750 bits per heavy atom. The Hall–Kier alpha value is -4.93. The Bertz CT molecular complexity index is 2740. The van der Waals surface area contributed by atoms with Crippen molar-refractivity contribution in [3.8, 4) is 44.8 Å². The molecule has 8 rings (SSSR count). The van der Waals surface area contributed by atoms with E-state index in [0.29, 0.717) is 11.1 Å². The maximum absolute atomic E-state index is 8.37. The van der Waals surface area contributed by atoms with E-state index in [2.05, 4.69) is 111 Å². The number of hydrogen-bond acceptors (Lipinski definition) is 3. The number of nitrogens with zero attached hydrogens (tertiary/aromatic N) is 2. The first-order valence-electron chi connectivity index (χ1n) is 20.8. The van der Waals surface area contributed by atoms with Crippen LogP contribution in [0.2, 0.25) is 19.6 Å². The molecule has 0 spiro atoms. The standard InChI is InChI=1S/C30H28NO.C21H22NSi.Ir/c1-19(2)21-15-16-31-27(17-21)26-8-6-7-25-24-14-11-22(18-28(24)32-29(25)26)20-9-12-23(13-10-20)30(3,4)5;1-16-10-11-18(14-20(16)17-8-6-5-7-9-17)21-13-12-19(15-22-21)23(2,3)4;/h6-7,9-19H,1-5H3;5-10,12-15H,1-4H3;/q2*-1;/i19D;1D3;. The van der Waals surface area contributed by atoms with Gasteiger partial charge in [-0.25, -0.2) is 0 Å². The zero-order valence-electron chi connectivity index (χ0n) is 37.3. The summed E-state index contributed by atoms with van der Waals surface area (Å²) in [6.45, 7) is 15.1. The van der Waals surface area contributed by atoms with Gasteiger partial charge in [0.25, 0.3) is 0 Å². The zero-order chi connectivity index (χ0) is 42.3. The summed E-state index contributed by atoms with van der Waals surface area (Å²) in [6, 6.07) is 46.6. The van der Waals surface area contributed by atoms with Gasteiger partial charge in [0, 0.05) is 43.4 Å². The molecule has 1 radical (unpaired) electrons. The molecule has 0 aliphatic heterocycles. The minimum Gasteiger partial charge on any atom is -0.501 e. The third kappa shape index (κ3) is 8.87. The van der Waals surface area contributed by atoms with E-state index in [4.69, 9.17) is 9.90 Å². The molecule has 0 amide bonds. The molecule has 0 saturated carbocycles. The quantitative estimate of drug-likeness (QED) is 0.123. The largest absolute Gasteiger partial charge is 0.501 e. The van der Waals surface area contributed by atoms with E-state index in [1.54, 1.807) is 12.3 Å². The van der Waals surface area contributed by atoms with Crippen LogP contribution in [0.15, 0.2) is 138 Å². The maximum atomic E-state index is 8.37. The summed E-state index contributed by atoms with van der Waals surface area (Å²) < 4.78 is 38.3. The van der Waals surface area contributed by atoms with Gasteiger partial charge in [-0.1, -0.05) is 168 Å². The van der Waals surface area contributed by atoms with E-state index >= 15 is 0 Å². The molecule has 56 heavy (non-hydrogen) atoms. The van der Waals surface area contributed by atoms with E-state index in [1.807, 2.05) is 86.8 Å². The van der Waals surface area contributed by atoms with Crippen LogP contribution in [0, 0.1) is 19.0 Å². The third-order valence-corrected chi connectivity index (χ3v) is 12.1. The normalized spacial score (nSPS) is 13.1. The number of rotatable bonds is 6. The number of fused-ring (bicyclic) bond motifs is 3. The zero-order valence-corrected chi connectivity index (χ0v) is 36.7. The molecule has 5 aromatic carbocycles. The second kappa shape index (κ2) is 16.7. The number of pyridine rings is 2. The van der Waals surface area contributed by atoms with Crippen molar-refractivity contribution in [1.29, 1.82) is 0 Å². The maximum Gasteiger partial charge on any atom is 0.121 e. The molecular formula is C51H50IrN2OSi-2. The van der Waals surface area contributed by atoms with Crippen molar-refractivity contribution in [2.24, 2.45) is 0 Å². The molecule has 3 nitrogen and oxygen atoms in total. The monoisotopic (exact) mass is 931 g/mol. The van der Waals surface area contributed by atoms with Crippen LogP contribution < -0.4 is 5.19 Å². The molecule has 8 aromatic rings. The summed E-state index contributed by atoms with van der Waals surface area (Å²) in [5.74, 6) is -0.698. The molecule has 0 atom stereocenters. The van der Waals surface area contributed by atoms with Gasteiger partial charge in [0.1, 0.15) is 5.58 Å². The van der Waals surface area contributed by atoms with Crippen LogP contribution in [0.1, 0.15) is 62.7 Å². The molecule has 0 bridgehead atoms. The molecule has 3 heterocycles. The van der Waals surface area contributed by atoms with Crippen LogP contribution in [0.25, 0.3) is 66.7 Å². The smallest absolute Gasteiger partial charge is 0.121 e. The van der Waals surface area contributed by atoms with Crippen molar-refractivity contribution >= 4 is 35.2 Å². The Labute approximate surface area is 353 Å². The Kier molecular flexibility index (Phi) is 10.6. The van der Waals surface area contributed by atoms with E-state index < -0.39 is 20.8 Å². The minimum atomic E-state index is -2.19. The average Bonchev–Trinajstić information content (AvgIpc) is 3.58. The van der Waals surface area contributed by atoms with Gasteiger partial charge in [-0.3, -0.25) is 0 Å². The molecule has 0 N–H and O–H groups in total. The molecule has 0 unspecified atom stereocenters. The van der Waals surface area contributed by atoms with Gasteiger partial charge in [-0.2, -0.15) is 0 Å². The van der Waals surface area contributed by atoms with E-state index in [1.165, 1.54) is 16.3 Å². The number of aromatic nitrogens is 2. The molecule has 3 aromatic heterocycles. The topological polar surface area (TPSA) is 38.9 Å². The van der Waals surface area contributed by atoms with Gasteiger partial charge >= 0.3 is 0 Å². The fraction of sp³-hybridized carbons (Fsp3) is 0.216. The van der Waals surface area contributed by atoms with E-state index in [9.17, 15) is 0 Å². The molecule has 5 heteroatoms. The summed E-state index contributed by atoms with van der Waals surface area (Å²) in [5, 5.41) is 3.42. The molecule has 0 saturated heterocycles. The first-order valence-corrected chi connectivity index (χ1v) is 22.3. The van der Waals surface area contributed by atoms with Crippen LogP contribution >= 0.6 is 0 Å². The predicted octanol–water partition coefficient (Wildman–Crippen LogP) is 13.6. The van der Waals surface area contributed by atoms with Gasteiger partial charge in [0.15, 0.2) is 0 Å². The van der Waals surface area contributed by atoms with Gasteiger partial charge < -0.3 is 14.4 Å². The van der Waals surface area contributed by atoms with Gasteiger partial charge in [-0.05, 0) is 62.3 Å². The Morgan fingerprint density at radius 3 is 2.16 bits per heavy atom. The fourth-order valence-electron chi connectivity index (χ4n) is 6.65. The average molecular weight is 931 g/mol. The summed E-state index contributed by atoms with van der Waals surface area (Å²) in [6.07, 6.45) is 3.70. The minimum absolute atomic E-state index is 0. The van der Waals surface area contributed by atoms with Crippen molar-refractivity contribution in [3.05, 3.63) is 163 Å². The van der Waals surface area contributed by atoms with E-state index in [0.717, 1.165) is 61.1 Å². The third-order valence-electron chi connectivity index (χ3n) is 10.1. The predicted molar refractivity (Wildman–Crippen MR) is 236 cm³/mol. The summed E-state index contributed by atoms with van der Waals surface area (Å²) in [4.78, 5) is 9.17. The first kappa shape index (κ1) is 35.5. The Morgan fingerprint density at radius 2 is 1.50 bits per heavy atom. The SMILES string of the molecule is [2H]C(C)(C)c1ccnc(-c2[c-]ccc3c2oc2cc(-c4ccc(C(C)(C)C)cc4)ccc23)c1.[2H]C([2H])([2H])c1c[c-]c(-c2ccc([Si](C)(C)C)cn2)cc1-c1ccccc1.[Ir]. The van der Waals surface area contributed by atoms with Gasteiger partial charge in [0.05, 0.1) is 13.7 Å². The number of benzene rings is 5. The van der Waals surface area contributed by atoms with Crippen molar-refractivity contribution in [2.75, 3.05) is 0 Å². The molecule has 0 fully saturated rings. The molecule has 0 aliphatic rings. The van der Waals surface area contributed by atoms with Crippen LogP contribution in [0.3, 0.4) is 0 Å². The number of furan rings is 1. The van der Waals surface area contributed by atoms with Gasteiger partial charge in [-0.15, -0.1) is 47.5 Å².